The molecule has 0 aliphatic carbocycles. The molecule has 0 bridgehead atoms. The molecule has 90 valence electrons. The van der Waals surface area contributed by atoms with E-state index in [1.165, 1.54) is 11.2 Å². The number of hydrogen-bond donors (Lipinski definition) is 2. The van der Waals surface area contributed by atoms with Crippen LogP contribution in [0.1, 0.15) is 6.92 Å². The van der Waals surface area contributed by atoms with Crippen molar-refractivity contribution in [1.29, 1.82) is 0 Å². The second-order valence-electron chi connectivity index (χ2n) is 3.38. The Labute approximate surface area is 95.7 Å². The van der Waals surface area contributed by atoms with E-state index in [-0.39, 0.29) is 5.03 Å². The monoisotopic (exact) mass is 244 g/mol. The number of rotatable bonds is 5. The molecule has 1 aromatic heterocycles. The highest BCUT2D eigenvalue weighted by atomic mass is 32.2. The van der Waals surface area contributed by atoms with Crippen molar-refractivity contribution >= 4 is 15.7 Å². The van der Waals surface area contributed by atoms with Crippen LogP contribution in [0.4, 0.5) is 5.69 Å². The minimum Gasteiger partial charge on any atom is -0.383 e. The topological polar surface area (TPSA) is 74.3 Å². The summed E-state index contributed by atoms with van der Waals surface area (Å²) < 4.78 is 23.8. The molecule has 0 aliphatic heterocycles. The Kier molecular flexibility index (Phi) is 4.22. The van der Waals surface area contributed by atoms with Gasteiger partial charge in [-0.15, -0.1) is 4.83 Å². The van der Waals surface area contributed by atoms with Crippen molar-refractivity contribution in [2.75, 3.05) is 26.0 Å². The molecule has 0 aromatic carbocycles. The fourth-order valence-electron chi connectivity index (χ4n) is 1.21. The third-order valence-corrected chi connectivity index (χ3v) is 3.14. The molecule has 1 rings (SSSR count). The summed E-state index contributed by atoms with van der Waals surface area (Å²) in [5.74, 6) is 0. The largest absolute Gasteiger partial charge is 0.383 e. The lowest BCUT2D eigenvalue weighted by Gasteiger charge is -2.14. The molecule has 1 aromatic rings. The summed E-state index contributed by atoms with van der Waals surface area (Å²) in [6.07, 6.45) is 1.45. The van der Waals surface area contributed by atoms with Crippen molar-refractivity contribution in [3.8, 4) is 0 Å². The summed E-state index contributed by atoms with van der Waals surface area (Å²) in [7, 11) is -0.401. The predicted molar refractivity (Wildman–Crippen MR) is 62.4 cm³/mol. The smallest absolute Gasteiger partial charge is 0.272 e. The quantitative estimate of drug-likeness (QED) is 0.727. The molecular formula is C9H16N4O2S. The van der Waals surface area contributed by atoms with Gasteiger partial charge in [-0.05, 0) is 19.1 Å². The number of aromatic nitrogens is 1. The molecule has 16 heavy (non-hydrogen) atoms. The molecule has 0 unspecified atom stereocenters. The summed E-state index contributed by atoms with van der Waals surface area (Å²) in [5.41, 5.74) is 0.499. The minimum absolute atomic E-state index is 0.00514. The number of pyridine rings is 1. The van der Waals surface area contributed by atoms with Crippen molar-refractivity contribution in [2.45, 2.75) is 11.9 Å². The van der Waals surface area contributed by atoms with Gasteiger partial charge in [-0.1, -0.05) is 0 Å². The molecular weight excluding hydrogens is 228 g/mol. The lowest BCUT2D eigenvalue weighted by molar-refractivity contribution is 0.363. The van der Waals surface area contributed by atoms with Crippen molar-refractivity contribution in [3.63, 3.8) is 0 Å². The van der Waals surface area contributed by atoms with Crippen LogP contribution in [0.2, 0.25) is 0 Å². The molecule has 0 amide bonds. The van der Waals surface area contributed by atoms with Gasteiger partial charge in [-0.3, -0.25) is 0 Å². The average molecular weight is 244 g/mol. The van der Waals surface area contributed by atoms with Gasteiger partial charge in [0.15, 0.2) is 5.03 Å². The van der Waals surface area contributed by atoms with Gasteiger partial charge < -0.3 is 5.32 Å². The normalized spacial score (nSPS) is 11.8. The first kappa shape index (κ1) is 12.9. The van der Waals surface area contributed by atoms with Crippen LogP contribution in [0.3, 0.4) is 0 Å². The van der Waals surface area contributed by atoms with Crippen molar-refractivity contribution in [2.24, 2.45) is 0 Å². The molecule has 0 spiro atoms. The highest BCUT2D eigenvalue weighted by Crippen LogP contribution is 2.17. The number of hydrogen-bond acceptors (Lipinski definition) is 5. The Hall–Kier alpha value is -1.18. The van der Waals surface area contributed by atoms with E-state index in [1.807, 2.05) is 6.92 Å². The van der Waals surface area contributed by atoms with Crippen molar-refractivity contribution in [3.05, 3.63) is 18.3 Å². The number of anilines is 1. The van der Waals surface area contributed by atoms with Crippen LogP contribution >= 0.6 is 0 Å². The van der Waals surface area contributed by atoms with Crippen molar-refractivity contribution < 1.29 is 8.42 Å². The summed E-state index contributed by atoms with van der Waals surface area (Å²) in [5, 5.41) is 4.32. The minimum atomic E-state index is -3.61. The van der Waals surface area contributed by atoms with Crippen LogP contribution in [0.15, 0.2) is 23.4 Å². The van der Waals surface area contributed by atoms with Crippen LogP contribution in [0.5, 0.6) is 0 Å². The first-order chi connectivity index (χ1) is 7.47. The second-order valence-corrected chi connectivity index (χ2v) is 4.95. The molecule has 0 fully saturated rings. The van der Waals surface area contributed by atoms with Gasteiger partial charge in [-0.25, -0.2) is 18.4 Å². The summed E-state index contributed by atoms with van der Waals surface area (Å²) in [6, 6.07) is 3.37. The van der Waals surface area contributed by atoms with E-state index in [1.54, 1.807) is 26.2 Å². The van der Waals surface area contributed by atoms with Crippen LogP contribution in [-0.2, 0) is 10.0 Å². The highest BCUT2D eigenvalue weighted by Gasteiger charge is 2.20. The molecule has 7 heteroatoms. The third-order valence-electron chi connectivity index (χ3n) is 1.70. The fourth-order valence-corrected chi connectivity index (χ4v) is 2.41. The zero-order valence-electron chi connectivity index (χ0n) is 9.56. The maximum Gasteiger partial charge on any atom is 0.272 e. The summed E-state index contributed by atoms with van der Waals surface area (Å²) in [6.45, 7) is 2.53. The molecule has 0 saturated heterocycles. The Balaban J connectivity index is 3.11. The molecule has 0 atom stereocenters. The van der Waals surface area contributed by atoms with Gasteiger partial charge in [0.1, 0.15) is 0 Å². The van der Waals surface area contributed by atoms with Gasteiger partial charge in [0.25, 0.3) is 10.0 Å². The first-order valence-electron chi connectivity index (χ1n) is 4.86. The van der Waals surface area contributed by atoms with Crippen LogP contribution < -0.4 is 10.1 Å². The molecule has 0 saturated carbocycles. The van der Waals surface area contributed by atoms with Gasteiger partial charge in [0.05, 0.1) is 5.69 Å². The van der Waals surface area contributed by atoms with E-state index in [2.05, 4.69) is 15.1 Å². The molecule has 1 heterocycles. The lowest BCUT2D eigenvalue weighted by atomic mass is 10.4. The van der Waals surface area contributed by atoms with E-state index in [0.717, 1.165) is 0 Å². The molecule has 6 nitrogen and oxygen atoms in total. The van der Waals surface area contributed by atoms with E-state index >= 15 is 0 Å². The van der Waals surface area contributed by atoms with Gasteiger partial charge in [-0.2, -0.15) is 0 Å². The van der Waals surface area contributed by atoms with Gasteiger partial charge in [0.2, 0.25) is 0 Å². The Morgan fingerprint density at radius 3 is 2.69 bits per heavy atom. The number of nitrogens with zero attached hydrogens (tertiary/aromatic N) is 2. The number of sulfonamides is 1. The van der Waals surface area contributed by atoms with Crippen molar-refractivity contribution in [1.82, 2.24) is 14.8 Å². The summed E-state index contributed by atoms with van der Waals surface area (Å²) in [4.78, 5) is 6.22. The highest BCUT2D eigenvalue weighted by molar-refractivity contribution is 7.89. The summed E-state index contributed by atoms with van der Waals surface area (Å²) >= 11 is 0. The Bertz CT molecular complexity index is 445. The SMILES string of the molecule is CCNc1cccnc1S(=O)(=O)NN(C)C. The van der Waals surface area contributed by atoms with Crippen LogP contribution in [0, 0.1) is 0 Å². The molecule has 0 aliphatic rings. The van der Waals surface area contributed by atoms with Gasteiger partial charge >= 0.3 is 0 Å². The number of hydrazine groups is 1. The average Bonchev–Trinajstić information content (AvgIpc) is 2.17. The van der Waals surface area contributed by atoms with E-state index < -0.39 is 10.0 Å². The van der Waals surface area contributed by atoms with E-state index in [9.17, 15) is 8.42 Å². The van der Waals surface area contributed by atoms with E-state index in [0.29, 0.717) is 12.2 Å². The standard InChI is InChI=1S/C9H16N4O2S/c1-4-10-8-6-5-7-11-9(8)16(14,15)12-13(2)3/h5-7,10,12H,4H2,1-3H3. The van der Waals surface area contributed by atoms with E-state index in [4.69, 9.17) is 0 Å². The maximum atomic E-state index is 11.9. The zero-order valence-corrected chi connectivity index (χ0v) is 10.4. The first-order valence-corrected chi connectivity index (χ1v) is 6.34. The van der Waals surface area contributed by atoms with Crippen LogP contribution in [-0.4, -0.2) is 39.1 Å². The third kappa shape index (κ3) is 3.16. The Morgan fingerprint density at radius 1 is 1.44 bits per heavy atom. The predicted octanol–water partition coefficient (Wildman–Crippen LogP) is 0.268. The Morgan fingerprint density at radius 2 is 2.12 bits per heavy atom. The second kappa shape index (κ2) is 5.24. The number of nitrogens with one attached hydrogen (secondary N) is 2. The molecule has 0 radical (unpaired) electrons. The molecule has 2 N–H and O–H groups in total. The van der Waals surface area contributed by atoms with Crippen LogP contribution in [0.25, 0.3) is 0 Å². The maximum absolute atomic E-state index is 11.9. The lowest BCUT2D eigenvalue weighted by Crippen LogP contribution is -2.36. The zero-order chi connectivity index (χ0) is 12.2. The fraction of sp³-hybridized carbons (Fsp3) is 0.444. The van der Waals surface area contributed by atoms with Gasteiger partial charge in [0, 0.05) is 26.8 Å².